The number of fused-ring (bicyclic) bond motifs is 1. The molecule has 23 heavy (non-hydrogen) atoms. The lowest BCUT2D eigenvalue weighted by atomic mass is 9.89. The second-order valence-corrected chi connectivity index (χ2v) is 6.56. The van der Waals surface area contributed by atoms with Gasteiger partial charge in [0.25, 0.3) is 0 Å². The van der Waals surface area contributed by atoms with E-state index in [1.54, 1.807) is 19.2 Å². The lowest BCUT2D eigenvalue weighted by Crippen LogP contribution is -2.13. The third kappa shape index (κ3) is 2.67. The van der Waals surface area contributed by atoms with E-state index in [1.807, 2.05) is 12.1 Å². The fourth-order valence-electron chi connectivity index (χ4n) is 2.52. The molecule has 0 aliphatic carbocycles. The van der Waals surface area contributed by atoms with Gasteiger partial charge in [0.1, 0.15) is 17.3 Å². The summed E-state index contributed by atoms with van der Waals surface area (Å²) in [6, 6.07) is 7.08. The number of rotatable bonds is 2. The minimum Gasteiger partial charge on any atom is -0.508 e. The first-order chi connectivity index (χ1) is 10.8. The number of H-pyrrole nitrogens is 1. The van der Waals surface area contributed by atoms with E-state index in [1.165, 1.54) is 0 Å². The van der Waals surface area contributed by atoms with Crippen LogP contribution in [-0.4, -0.2) is 27.4 Å². The highest BCUT2D eigenvalue weighted by Crippen LogP contribution is 2.37. The highest BCUT2D eigenvalue weighted by Gasteiger charge is 2.21. The molecule has 6 heteroatoms. The average molecular weight is 312 g/mol. The van der Waals surface area contributed by atoms with Crippen LogP contribution in [0, 0.1) is 0 Å². The molecule has 6 nitrogen and oxygen atoms in total. The summed E-state index contributed by atoms with van der Waals surface area (Å²) < 4.78 is 5.25. The molecular formula is C17H20N4O2. The van der Waals surface area contributed by atoms with Crippen molar-refractivity contribution in [3.05, 3.63) is 30.0 Å². The molecule has 4 N–H and O–H groups in total. The van der Waals surface area contributed by atoms with E-state index in [9.17, 15) is 5.11 Å². The van der Waals surface area contributed by atoms with Gasteiger partial charge in [-0.05, 0) is 29.3 Å². The van der Waals surface area contributed by atoms with Crippen LogP contribution >= 0.6 is 0 Å². The molecular weight excluding hydrogens is 292 g/mol. The molecule has 3 rings (SSSR count). The number of anilines is 1. The summed E-state index contributed by atoms with van der Waals surface area (Å²) >= 11 is 0. The Morgan fingerprint density at radius 1 is 1.17 bits per heavy atom. The van der Waals surface area contributed by atoms with Gasteiger partial charge < -0.3 is 15.6 Å². The largest absolute Gasteiger partial charge is 0.508 e. The van der Waals surface area contributed by atoms with Crippen LogP contribution in [0.4, 0.5) is 5.82 Å². The third-order valence-electron chi connectivity index (χ3n) is 3.76. The average Bonchev–Trinajstić information content (AvgIpc) is 2.86. The van der Waals surface area contributed by atoms with E-state index in [-0.39, 0.29) is 11.2 Å². The fourth-order valence-corrected chi connectivity index (χ4v) is 2.52. The molecule has 0 unspecified atom stereocenters. The first kappa shape index (κ1) is 15.1. The number of benzene rings is 1. The van der Waals surface area contributed by atoms with E-state index < -0.39 is 0 Å². The van der Waals surface area contributed by atoms with E-state index in [0.29, 0.717) is 17.2 Å². The van der Waals surface area contributed by atoms with Gasteiger partial charge in [0, 0.05) is 17.2 Å². The summed E-state index contributed by atoms with van der Waals surface area (Å²) in [7, 11) is 1.56. The van der Waals surface area contributed by atoms with Crippen molar-refractivity contribution in [2.75, 3.05) is 12.8 Å². The smallest absolute Gasteiger partial charge is 0.184 e. The molecule has 0 saturated heterocycles. The van der Waals surface area contributed by atoms with E-state index in [2.05, 4.69) is 36.0 Å². The highest BCUT2D eigenvalue weighted by molar-refractivity contribution is 6.00. The van der Waals surface area contributed by atoms with E-state index in [4.69, 9.17) is 10.5 Å². The van der Waals surface area contributed by atoms with Crippen LogP contribution in [0.1, 0.15) is 26.5 Å². The number of aromatic nitrogens is 3. The van der Waals surface area contributed by atoms with E-state index in [0.717, 1.165) is 22.2 Å². The number of nitrogens with zero attached hydrogens (tertiary/aromatic N) is 2. The Morgan fingerprint density at radius 3 is 2.57 bits per heavy atom. The molecule has 0 atom stereocenters. The molecule has 0 saturated carbocycles. The Hall–Kier alpha value is -2.76. The molecule has 120 valence electrons. The molecule has 3 aromatic rings. The number of methoxy groups -OCH3 is 1. The van der Waals surface area contributed by atoms with Crippen molar-refractivity contribution >= 4 is 16.9 Å². The summed E-state index contributed by atoms with van der Waals surface area (Å²) in [5.41, 5.74) is 9.01. The Kier molecular flexibility index (Phi) is 3.39. The number of hydrogen-bond acceptors (Lipinski definition) is 5. The minimum atomic E-state index is -0.141. The van der Waals surface area contributed by atoms with Crippen LogP contribution in [-0.2, 0) is 5.41 Å². The van der Waals surface area contributed by atoms with Crippen molar-refractivity contribution in [1.29, 1.82) is 0 Å². The van der Waals surface area contributed by atoms with Gasteiger partial charge in [-0.3, -0.25) is 5.10 Å². The number of ether oxygens (including phenoxy) is 1. The highest BCUT2D eigenvalue weighted by atomic mass is 16.5. The molecule has 0 fully saturated rings. The Balaban J connectivity index is 2.35. The lowest BCUT2D eigenvalue weighted by molar-refractivity contribution is 0.408. The zero-order valence-electron chi connectivity index (χ0n) is 13.6. The predicted octanol–water partition coefficient (Wildman–Crippen LogP) is 3.22. The topological polar surface area (TPSA) is 97.0 Å². The van der Waals surface area contributed by atoms with E-state index >= 15 is 0 Å². The molecule has 1 aromatic carbocycles. The number of aromatic amines is 1. The number of nitrogens with one attached hydrogen (secondary N) is 1. The standard InChI is InChI=1S/C17H20N4O2/c1-17(2,3)13-8-12(14-15(18)20-21-16(14)19-13)9-5-10(22)7-11(6-9)23-4/h5-8,22H,1-4H3,(H3,18,19,20,21). The number of nitrogen functional groups attached to an aromatic ring is 1. The molecule has 2 heterocycles. The monoisotopic (exact) mass is 312 g/mol. The van der Waals surface area contributed by atoms with Crippen LogP contribution in [0.2, 0.25) is 0 Å². The van der Waals surface area contributed by atoms with Crippen LogP contribution < -0.4 is 10.5 Å². The summed E-state index contributed by atoms with van der Waals surface area (Å²) in [6.45, 7) is 6.26. The molecule has 0 aliphatic heterocycles. The Bertz CT molecular complexity index is 878. The van der Waals surface area contributed by atoms with Gasteiger partial charge in [0.15, 0.2) is 5.65 Å². The maximum absolute atomic E-state index is 9.96. The molecule has 0 bridgehead atoms. The number of phenols is 1. The second-order valence-electron chi connectivity index (χ2n) is 6.56. The third-order valence-corrected chi connectivity index (χ3v) is 3.76. The van der Waals surface area contributed by atoms with Gasteiger partial charge in [0.2, 0.25) is 0 Å². The first-order valence-electron chi connectivity index (χ1n) is 7.33. The van der Waals surface area contributed by atoms with Crippen molar-refractivity contribution < 1.29 is 9.84 Å². The maximum atomic E-state index is 9.96. The molecule has 2 aromatic heterocycles. The van der Waals surface area contributed by atoms with Crippen LogP contribution in [0.5, 0.6) is 11.5 Å². The Morgan fingerprint density at radius 2 is 1.91 bits per heavy atom. The predicted molar refractivity (Wildman–Crippen MR) is 90.7 cm³/mol. The zero-order valence-corrected chi connectivity index (χ0v) is 13.6. The van der Waals surface area contributed by atoms with Gasteiger partial charge in [-0.2, -0.15) is 5.10 Å². The molecule has 0 radical (unpaired) electrons. The lowest BCUT2D eigenvalue weighted by Gasteiger charge is -2.19. The van der Waals surface area contributed by atoms with Gasteiger partial charge >= 0.3 is 0 Å². The number of nitrogens with two attached hydrogens (primary N) is 1. The van der Waals surface area contributed by atoms with Crippen LogP contribution in [0.15, 0.2) is 24.3 Å². The van der Waals surface area contributed by atoms with Gasteiger partial charge in [0.05, 0.1) is 12.5 Å². The van der Waals surface area contributed by atoms with Crippen molar-refractivity contribution in [1.82, 2.24) is 15.2 Å². The minimum absolute atomic E-state index is 0.128. The fraction of sp³-hybridized carbons (Fsp3) is 0.294. The van der Waals surface area contributed by atoms with Crippen molar-refractivity contribution in [2.45, 2.75) is 26.2 Å². The van der Waals surface area contributed by atoms with Crippen molar-refractivity contribution in [3.63, 3.8) is 0 Å². The van der Waals surface area contributed by atoms with Gasteiger partial charge in [-0.25, -0.2) is 4.98 Å². The molecule has 0 aliphatic rings. The molecule has 0 spiro atoms. The number of hydrogen-bond donors (Lipinski definition) is 3. The summed E-state index contributed by atoms with van der Waals surface area (Å²) in [5, 5.41) is 17.7. The summed E-state index contributed by atoms with van der Waals surface area (Å²) in [4.78, 5) is 4.60. The maximum Gasteiger partial charge on any atom is 0.184 e. The van der Waals surface area contributed by atoms with Crippen molar-refractivity contribution in [3.8, 4) is 22.6 Å². The number of phenolic OH excluding ortho intramolecular Hbond substituents is 1. The molecule has 0 amide bonds. The number of pyridine rings is 1. The quantitative estimate of drug-likeness (QED) is 0.675. The summed E-state index contributed by atoms with van der Waals surface area (Å²) in [6.07, 6.45) is 0. The van der Waals surface area contributed by atoms with Gasteiger partial charge in [-0.15, -0.1) is 0 Å². The first-order valence-corrected chi connectivity index (χ1v) is 7.33. The normalized spacial score (nSPS) is 11.8. The zero-order chi connectivity index (χ0) is 16.8. The van der Waals surface area contributed by atoms with Crippen LogP contribution in [0.3, 0.4) is 0 Å². The Labute approximate surface area is 134 Å². The number of aromatic hydroxyl groups is 1. The van der Waals surface area contributed by atoms with Crippen molar-refractivity contribution in [2.24, 2.45) is 0 Å². The van der Waals surface area contributed by atoms with Crippen LogP contribution in [0.25, 0.3) is 22.2 Å². The second kappa shape index (κ2) is 5.15. The summed E-state index contributed by atoms with van der Waals surface area (Å²) in [5.74, 6) is 1.15. The van der Waals surface area contributed by atoms with Gasteiger partial charge in [-0.1, -0.05) is 20.8 Å². The SMILES string of the molecule is COc1cc(O)cc(-c2cc(C(C)(C)C)nc3n[nH]c(N)c23)c1.